The van der Waals surface area contributed by atoms with Gasteiger partial charge >= 0.3 is 6.09 Å². The highest BCUT2D eigenvalue weighted by atomic mass is 16.6. The Morgan fingerprint density at radius 1 is 1.56 bits per heavy atom. The van der Waals surface area contributed by atoms with E-state index in [0.717, 1.165) is 0 Å². The fourth-order valence-corrected chi connectivity index (χ4v) is 1.12. The van der Waals surface area contributed by atoms with E-state index in [2.05, 4.69) is 10.5 Å². The van der Waals surface area contributed by atoms with E-state index in [1.807, 2.05) is 0 Å². The predicted molar refractivity (Wildman–Crippen MR) is 61.2 cm³/mol. The van der Waals surface area contributed by atoms with Gasteiger partial charge in [-0.1, -0.05) is 0 Å². The Labute approximate surface area is 104 Å². The van der Waals surface area contributed by atoms with Crippen LogP contribution in [0.3, 0.4) is 0 Å². The smallest absolute Gasteiger partial charge is 0.408 e. The molecule has 0 radical (unpaired) electrons. The third kappa shape index (κ3) is 4.08. The van der Waals surface area contributed by atoms with Crippen LogP contribution < -0.4 is 10.1 Å². The molecule has 1 heterocycles. The Kier molecular flexibility index (Phi) is 4.30. The number of ether oxygens (including phenoxy) is 2. The number of nitrogens with zero attached hydrogens (tertiary/aromatic N) is 1. The molecule has 100 valence electrons. The van der Waals surface area contributed by atoms with Gasteiger partial charge in [0, 0.05) is 6.07 Å². The van der Waals surface area contributed by atoms with Crippen LogP contribution in [-0.4, -0.2) is 30.2 Å². The number of amides is 1. The summed E-state index contributed by atoms with van der Waals surface area (Å²) in [6.45, 7) is 5.17. The van der Waals surface area contributed by atoms with E-state index in [4.69, 9.17) is 14.0 Å². The van der Waals surface area contributed by atoms with Gasteiger partial charge in [-0.25, -0.2) is 4.79 Å². The molecule has 1 atom stereocenters. The molecule has 18 heavy (non-hydrogen) atoms. The number of hydrogen-bond acceptors (Lipinski definition) is 6. The van der Waals surface area contributed by atoms with Crippen LogP contribution in [0.15, 0.2) is 10.6 Å². The van der Waals surface area contributed by atoms with Gasteiger partial charge < -0.3 is 24.1 Å². The molecule has 0 aromatic carbocycles. The maximum Gasteiger partial charge on any atom is 0.408 e. The third-order valence-electron chi connectivity index (χ3n) is 1.83. The number of aldehydes is 1. The monoisotopic (exact) mass is 256 g/mol. The van der Waals surface area contributed by atoms with Crippen LogP contribution in [0.4, 0.5) is 4.79 Å². The molecule has 0 bridgehead atoms. The molecule has 1 rings (SSSR count). The van der Waals surface area contributed by atoms with Crippen molar-refractivity contribution in [2.24, 2.45) is 0 Å². The first-order valence-electron chi connectivity index (χ1n) is 5.31. The molecule has 0 fully saturated rings. The van der Waals surface area contributed by atoms with Gasteiger partial charge in [-0.3, -0.25) is 0 Å². The zero-order chi connectivity index (χ0) is 13.8. The number of rotatable bonds is 4. The van der Waals surface area contributed by atoms with E-state index in [1.165, 1.54) is 13.2 Å². The standard InChI is InChI=1S/C11H16N2O5/c1-11(2,3)17-10(15)12-7(6-14)8-5-9(16-4)13-18-8/h5-7H,1-4H3,(H,12,15). The molecule has 1 aromatic heterocycles. The number of carbonyl (C=O) groups excluding carboxylic acids is 2. The summed E-state index contributed by atoms with van der Waals surface area (Å²) in [4.78, 5) is 22.4. The molecule has 0 saturated heterocycles. The van der Waals surface area contributed by atoms with Crippen molar-refractivity contribution in [3.8, 4) is 5.88 Å². The van der Waals surface area contributed by atoms with Gasteiger partial charge in [0.15, 0.2) is 5.76 Å². The molecule has 7 nitrogen and oxygen atoms in total. The van der Waals surface area contributed by atoms with Crippen LogP contribution >= 0.6 is 0 Å². The normalized spacial score (nSPS) is 12.7. The Hall–Kier alpha value is -2.05. The number of carbonyl (C=O) groups is 2. The molecule has 1 aromatic rings. The molecule has 1 unspecified atom stereocenters. The zero-order valence-corrected chi connectivity index (χ0v) is 10.7. The van der Waals surface area contributed by atoms with E-state index >= 15 is 0 Å². The minimum Gasteiger partial charge on any atom is -0.479 e. The second kappa shape index (κ2) is 5.52. The Balaban J connectivity index is 2.67. The van der Waals surface area contributed by atoms with Crippen molar-refractivity contribution in [3.05, 3.63) is 11.8 Å². The fraction of sp³-hybridized carbons (Fsp3) is 0.545. The molecule has 0 saturated carbocycles. The SMILES string of the molecule is COc1cc(C(C=O)NC(=O)OC(C)(C)C)on1. The van der Waals surface area contributed by atoms with Gasteiger partial charge in [0.2, 0.25) is 0 Å². The second-order valence-electron chi connectivity index (χ2n) is 4.53. The van der Waals surface area contributed by atoms with Crippen molar-refractivity contribution in [3.63, 3.8) is 0 Å². The first-order valence-corrected chi connectivity index (χ1v) is 5.31. The van der Waals surface area contributed by atoms with Crippen LogP contribution in [0.25, 0.3) is 0 Å². The average molecular weight is 256 g/mol. The van der Waals surface area contributed by atoms with E-state index in [-0.39, 0.29) is 11.6 Å². The third-order valence-corrected chi connectivity index (χ3v) is 1.83. The van der Waals surface area contributed by atoms with Gasteiger partial charge in [0.05, 0.1) is 7.11 Å². The lowest BCUT2D eigenvalue weighted by atomic mass is 10.2. The van der Waals surface area contributed by atoms with Crippen molar-refractivity contribution in [2.45, 2.75) is 32.4 Å². The zero-order valence-electron chi connectivity index (χ0n) is 10.7. The summed E-state index contributed by atoms with van der Waals surface area (Å²) >= 11 is 0. The van der Waals surface area contributed by atoms with Crippen molar-refractivity contribution in [1.29, 1.82) is 0 Å². The largest absolute Gasteiger partial charge is 0.479 e. The number of methoxy groups -OCH3 is 1. The Morgan fingerprint density at radius 3 is 2.67 bits per heavy atom. The van der Waals surface area contributed by atoms with E-state index < -0.39 is 17.7 Å². The minimum absolute atomic E-state index is 0.174. The molecular formula is C11H16N2O5. The highest BCUT2D eigenvalue weighted by molar-refractivity contribution is 5.74. The average Bonchev–Trinajstić information content (AvgIpc) is 2.71. The van der Waals surface area contributed by atoms with Gasteiger partial charge in [-0.15, -0.1) is 0 Å². The van der Waals surface area contributed by atoms with E-state index in [0.29, 0.717) is 6.29 Å². The highest BCUT2D eigenvalue weighted by Crippen LogP contribution is 2.17. The summed E-state index contributed by atoms with van der Waals surface area (Å²) < 4.78 is 14.7. The molecule has 7 heteroatoms. The summed E-state index contributed by atoms with van der Waals surface area (Å²) in [5, 5.41) is 5.90. The lowest BCUT2D eigenvalue weighted by molar-refractivity contribution is -0.110. The van der Waals surface area contributed by atoms with Crippen molar-refractivity contribution < 1.29 is 23.6 Å². The van der Waals surface area contributed by atoms with Crippen LogP contribution in [0.1, 0.15) is 32.6 Å². The van der Waals surface area contributed by atoms with Crippen molar-refractivity contribution >= 4 is 12.4 Å². The first-order chi connectivity index (χ1) is 8.35. The number of hydrogen-bond donors (Lipinski definition) is 1. The van der Waals surface area contributed by atoms with Gasteiger partial charge in [-0.2, -0.15) is 0 Å². The molecular weight excluding hydrogens is 240 g/mol. The summed E-state index contributed by atoms with van der Waals surface area (Å²) in [5.41, 5.74) is -0.642. The predicted octanol–water partition coefficient (Wildman–Crippen LogP) is 1.45. The molecule has 1 N–H and O–H groups in total. The van der Waals surface area contributed by atoms with Crippen LogP contribution in [0.5, 0.6) is 5.88 Å². The summed E-state index contributed by atoms with van der Waals surface area (Å²) in [6, 6.07) is 0.451. The topological polar surface area (TPSA) is 90.7 Å². The second-order valence-corrected chi connectivity index (χ2v) is 4.53. The van der Waals surface area contributed by atoms with Crippen LogP contribution in [-0.2, 0) is 9.53 Å². The lowest BCUT2D eigenvalue weighted by Gasteiger charge is -2.20. The quantitative estimate of drug-likeness (QED) is 0.820. The number of alkyl carbamates (subject to hydrolysis) is 1. The summed E-state index contributed by atoms with van der Waals surface area (Å²) in [7, 11) is 1.42. The maximum absolute atomic E-state index is 11.5. The van der Waals surface area contributed by atoms with Crippen molar-refractivity contribution in [1.82, 2.24) is 10.5 Å². The number of aromatic nitrogens is 1. The van der Waals surface area contributed by atoms with Crippen molar-refractivity contribution in [2.75, 3.05) is 7.11 Å². The molecule has 0 aliphatic heterocycles. The summed E-state index contributed by atoms with van der Waals surface area (Å²) in [5.74, 6) is 0.399. The van der Waals surface area contributed by atoms with E-state index in [1.54, 1.807) is 20.8 Å². The highest BCUT2D eigenvalue weighted by Gasteiger charge is 2.23. The molecule has 1 amide bonds. The first kappa shape index (κ1) is 14.0. The summed E-state index contributed by atoms with van der Waals surface area (Å²) in [6.07, 6.45) is -0.195. The molecule has 0 aliphatic carbocycles. The molecule has 0 spiro atoms. The van der Waals surface area contributed by atoms with Gasteiger partial charge in [0.1, 0.15) is 17.9 Å². The van der Waals surface area contributed by atoms with Crippen LogP contribution in [0.2, 0.25) is 0 Å². The van der Waals surface area contributed by atoms with Gasteiger partial charge in [-0.05, 0) is 25.9 Å². The Bertz CT molecular complexity index is 421. The maximum atomic E-state index is 11.5. The fourth-order valence-electron chi connectivity index (χ4n) is 1.12. The molecule has 0 aliphatic rings. The van der Waals surface area contributed by atoms with Crippen LogP contribution in [0, 0.1) is 0 Å². The van der Waals surface area contributed by atoms with Gasteiger partial charge in [0.25, 0.3) is 5.88 Å². The lowest BCUT2D eigenvalue weighted by Crippen LogP contribution is -2.35. The number of nitrogens with one attached hydrogen (secondary N) is 1. The Morgan fingerprint density at radius 2 is 2.22 bits per heavy atom. The minimum atomic E-state index is -0.962. The van der Waals surface area contributed by atoms with E-state index in [9.17, 15) is 9.59 Å².